The summed E-state index contributed by atoms with van der Waals surface area (Å²) in [6.45, 7) is 1.73. The molecule has 4 aromatic rings. The van der Waals surface area contributed by atoms with Crippen LogP contribution in [0.1, 0.15) is 5.69 Å². The smallest absolute Gasteiger partial charge is 0.481 e. The van der Waals surface area contributed by atoms with Gasteiger partial charge in [0.15, 0.2) is 11.3 Å². The molecule has 3 aromatic heterocycles. The second-order valence-corrected chi connectivity index (χ2v) is 5.65. The first-order valence-corrected chi connectivity index (χ1v) is 7.78. The maximum atomic E-state index is 12.5. The lowest BCUT2D eigenvalue weighted by Crippen LogP contribution is -2.17. The van der Waals surface area contributed by atoms with Gasteiger partial charge in [-0.3, -0.25) is 4.40 Å². The maximum absolute atomic E-state index is 12.5. The number of aryl methyl sites for hydroxylation is 1. The molecule has 0 saturated carbocycles. The summed E-state index contributed by atoms with van der Waals surface area (Å²) in [4.78, 5) is 8.84. The summed E-state index contributed by atoms with van der Waals surface area (Å²) in [5.74, 6) is 0.394. The van der Waals surface area contributed by atoms with Gasteiger partial charge in [-0.15, -0.1) is 23.4 Å². The molecule has 0 aliphatic heterocycles. The zero-order valence-electron chi connectivity index (χ0n) is 14.2. The highest BCUT2D eigenvalue weighted by Gasteiger charge is 2.31. The number of imidazole rings is 1. The number of hydrogen-bond acceptors (Lipinski definition) is 6. The van der Waals surface area contributed by atoms with Crippen LogP contribution in [0.5, 0.6) is 11.6 Å². The van der Waals surface area contributed by atoms with Gasteiger partial charge in [0.2, 0.25) is 5.88 Å². The van der Waals surface area contributed by atoms with Crippen LogP contribution in [0.25, 0.3) is 28.2 Å². The summed E-state index contributed by atoms with van der Waals surface area (Å²) in [6, 6.07) is 8.90. The van der Waals surface area contributed by atoms with Gasteiger partial charge in [-0.2, -0.15) is 4.98 Å². The van der Waals surface area contributed by atoms with Crippen molar-refractivity contribution in [1.29, 1.82) is 0 Å². The average Bonchev–Trinajstić information content (AvgIpc) is 2.97. The molecule has 27 heavy (non-hydrogen) atoms. The number of methoxy groups -OCH3 is 1. The Labute approximate surface area is 150 Å². The number of pyridine rings is 1. The van der Waals surface area contributed by atoms with Crippen molar-refractivity contribution < 1.29 is 22.6 Å². The molecule has 1 aromatic carbocycles. The highest BCUT2D eigenvalue weighted by atomic mass is 19.4. The summed E-state index contributed by atoms with van der Waals surface area (Å²) >= 11 is 0. The number of halogens is 3. The molecular weight excluding hydrogens is 363 g/mol. The topological polar surface area (TPSA) is 74.4 Å². The first kappa shape index (κ1) is 17.0. The lowest BCUT2D eigenvalue weighted by molar-refractivity contribution is -0.274. The van der Waals surface area contributed by atoms with Crippen LogP contribution in [0.4, 0.5) is 13.2 Å². The molecule has 0 aliphatic rings. The third-order valence-electron chi connectivity index (χ3n) is 3.85. The Balaban J connectivity index is 1.97. The first-order valence-electron chi connectivity index (χ1n) is 7.78. The van der Waals surface area contributed by atoms with Crippen LogP contribution in [-0.4, -0.2) is 38.0 Å². The van der Waals surface area contributed by atoms with E-state index in [-0.39, 0.29) is 5.75 Å². The predicted octanol–water partition coefficient (Wildman–Crippen LogP) is 3.56. The van der Waals surface area contributed by atoms with Crippen LogP contribution in [-0.2, 0) is 0 Å². The van der Waals surface area contributed by atoms with E-state index in [4.69, 9.17) is 4.74 Å². The SMILES string of the molecule is COc1ccc2nnc3c(C)nc(-c4cccc(OC(F)(F)F)c4)n3c2n1. The van der Waals surface area contributed by atoms with Gasteiger partial charge in [0.25, 0.3) is 0 Å². The summed E-state index contributed by atoms with van der Waals surface area (Å²) in [6.07, 6.45) is -4.78. The minimum Gasteiger partial charge on any atom is -0.481 e. The van der Waals surface area contributed by atoms with E-state index in [0.717, 1.165) is 0 Å². The molecule has 0 fully saturated rings. The van der Waals surface area contributed by atoms with Crippen molar-refractivity contribution in [3.63, 3.8) is 0 Å². The fourth-order valence-corrected chi connectivity index (χ4v) is 2.75. The van der Waals surface area contributed by atoms with Crippen molar-refractivity contribution in [3.8, 4) is 23.0 Å². The molecule has 3 heterocycles. The van der Waals surface area contributed by atoms with Crippen molar-refractivity contribution >= 4 is 16.8 Å². The number of rotatable bonds is 3. The normalized spacial score (nSPS) is 11.9. The van der Waals surface area contributed by atoms with Gasteiger partial charge in [0.05, 0.1) is 12.8 Å². The first-order chi connectivity index (χ1) is 12.9. The van der Waals surface area contributed by atoms with Crippen molar-refractivity contribution in [2.24, 2.45) is 0 Å². The number of hydrogen-bond donors (Lipinski definition) is 0. The molecule has 0 atom stereocenters. The molecule has 4 rings (SSSR count). The summed E-state index contributed by atoms with van der Waals surface area (Å²) in [5.41, 5.74) is 2.34. The minimum absolute atomic E-state index is 0.341. The quantitative estimate of drug-likeness (QED) is 0.545. The Hall–Kier alpha value is -3.43. The Bertz CT molecular complexity index is 1160. The number of ether oxygens (including phenoxy) is 2. The number of aromatic nitrogens is 5. The summed E-state index contributed by atoms with van der Waals surface area (Å²) in [5, 5.41) is 8.27. The molecule has 0 N–H and O–H groups in total. The summed E-state index contributed by atoms with van der Waals surface area (Å²) < 4.78 is 48.4. The van der Waals surface area contributed by atoms with Gasteiger partial charge in [0, 0.05) is 11.6 Å². The number of alkyl halides is 3. The number of nitrogens with zero attached hydrogens (tertiary/aromatic N) is 5. The standard InChI is InChI=1S/C17H12F3N5O2/c1-9-14-24-23-12-6-7-13(26-2)22-16(12)25(14)15(21-9)10-4-3-5-11(8-10)27-17(18,19)20/h3-8H,1-2H3. The third kappa shape index (κ3) is 3.09. The average molecular weight is 375 g/mol. The molecular formula is C17H12F3N5O2. The van der Waals surface area contributed by atoms with Crippen LogP contribution in [0, 0.1) is 6.92 Å². The molecule has 0 unspecified atom stereocenters. The third-order valence-corrected chi connectivity index (χ3v) is 3.85. The lowest BCUT2D eigenvalue weighted by Gasteiger charge is -2.10. The van der Waals surface area contributed by atoms with Crippen molar-refractivity contribution in [2.45, 2.75) is 13.3 Å². The molecule has 10 heteroatoms. The van der Waals surface area contributed by atoms with Crippen LogP contribution in [0.15, 0.2) is 36.4 Å². The minimum atomic E-state index is -4.78. The number of benzene rings is 1. The van der Waals surface area contributed by atoms with Crippen molar-refractivity contribution in [3.05, 3.63) is 42.1 Å². The van der Waals surface area contributed by atoms with Crippen LogP contribution < -0.4 is 9.47 Å². The van der Waals surface area contributed by atoms with Crippen LogP contribution in [0.3, 0.4) is 0 Å². The van der Waals surface area contributed by atoms with Crippen molar-refractivity contribution in [2.75, 3.05) is 7.11 Å². The molecule has 0 aliphatic carbocycles. The van der Waals surface area contributed by atoms with E-state index in [2.05, 4.69) is 24.9 Å². The van der Waals surface area contributed by atoms with Gasteiger partial charge in [0.1, 0.15) is 17.1 Å². The predicted molar refractivity (Wildman–Crippen MR) is 89.5 cm³/mol. The lowest BCUT2D eigenvalue weighted by atomic mass is 10.2. The van der Waals surface area contributed by atoms with E-state index in [1.807, 2.05) is 0 Å². The highest BCUT2D eigenvalue weighted by Crippen LogP contribution is 2.30. The molecule has 138 valence electrons. The Morgan fingerprint density at radius 1 is 1.00 bits per heavy atom. The van der Waals surface area contributed by atoms with Crippen molar-refractivity contribution in [1.82, 2.24) is 24.6 Å². The van der Waals surface area contributed by atoms with Gasteiger partial charge >= 0.3 is 6.36 Å². The van der Waals surface area contributed by atoms with E-state index in [1.165, 1.54) is 25.3 Å². The highest BCUT2D eigenvalue weighted by molar-refractivity contribution is 5.77. The fraction of sp³-hybridized carbons (Fsp3) is 0.176. The van der Waals surface area contributed by atoms with Gasteiger partial charge < -0.3 is 9.47 Å². The monoisotopic (exact) mass is 375 g/mol. The molecule has 0 spiro atoms. The second-order valence-electron chi connectivity index (χ2n) is 5.65. The van der Waals surface area contributed by atoms with E-state index >= 15 is 0 Å². The van der Waals surface area contributed by atoms with Gasteiger partial charge in [-0.25, -0.2) is 4.98 Å². The second kappa shape index (κ2) is 6.08. The van der Waals surface area contributed by atoms with Gasteiger partial charge in [-0.05, 0) is 25.1 Å². The van der Waals surface area contributed by atoms with Crippen LogP contribution in [0.2, 0.25) is 0 Å². The maximum Gasteiger partial charge on any atom is 0.573 e. The fourth-order valence-electron chi connectivity index (χ4n) is 2.75. The van der Waals surface area contributed by atoms with E-state index in [9.17, 15) is 13.2 Å². The zero-order chi connectivity index (χ0) is 19.2. The molecule has 0 saturated heterocycles. The largest absolute Gasteiger partial charge is 0.573 e. The Morgan fingerprint density at radius 3 is 2.56 bits per heavy atom. The molecule has 0 radical (unpaired) electrons. The van der Waals surface area contributed by atoms with E-state index in [1.54, 1.807) is 29.5 Å². The number of fused-ring (bicyclic) bond motifs is 3. The van der Waals surface area contributed by atoms with Gasteiger partial charge in [-0.1, -0.05) is 12.1 Å². The Morgan fingerprint density at radius 2 is 1.81 bits per heavy atom. The summed E-state index contributed by atoms with van der Waals surface area (Å²) in [7, 11) is 1.48. The van der Waals surface area contributed by atoms with E-state index < -0.39 is 6.36 Å². The molecule has 7 nitrogen and oxygen atoms in total. The van der Waals surface area contributed by atoms with Crippen LogP contribution >= 0.6 is 0 Å². The zero-order valence-corrected chi connectivity index (χ0v) is 14.2. The Kier molecular flexibility index (Phi) is 3.83. The van der Waals surface area contributed by atoms with E-state index in [0.29, 0.717) is 39.8 Å². The molecule has 0 amide bonds. The molecule has 0 bridgehead atoms.